The molecule has 4 aliphatic rings. The fourth-order valence-corrected chi connectivity index (χ4v) is 14.9. The molecule has 10 aromatic rings. The zero-order valence-electron chi connectivity index (χ0n) is 64.4. The third-order valence-electron chi connectivity index (χ3n) is 20.8. The number of aldehydes is 1. The first kappa shape index (κ1) is 83.0. The van der Waals surface area contributed by atoms with Crippen LogP contribution in [0, 0.1) is 0 Å². The van der Waals surface area contributed by atoms with Crippen LogP contribution in [0.5, 0.6) is 0 Å². The molecule has 4 amide bonds. The summed E-state index contributed by atoms with van der Waals surface area (Å²) in [5, 5.41) is 35.1. The Kier molecular flexibility index (Phi) is 30.0. The van der Waals surface area contributed by atoms with E-state index in [2.05, 4.69) is 127 Å². The average molecular weight is 1560 g/mol. The summed E-state index contributed by atoms with van der Waals surface area (Å²) in [5.41, 5.74) is 16.1. The molecular weight excluding hydrogens is 1450 g/mol. The average Bonchev–Trinajstić information content (AvgIpc) is 1.16. The number of hydrogen-bond donors (Lipinski definition) is 7. The van der Waals surface area contributed by atoms with Gasteiger partial charge in [0.15, 0.2) is 11.3 Å². The molecule has 0 unspecified atom stereocenters. The van der Waals surface area contributed by atoms with E-state index in [-0.39, 0.29) is 69.3 Å². The first-order chi connectivity index (χ1) is 54.0. The van der Waals surface area contributed by atoms with Gasteiger partial charge in [0.25, 0.3) is 23.6 Å². The van der Waals surface area contributed by atoms with Gasteiger partial charge in [0.2, 0.25) is 0 Å². The van der Waals surface area contributed by atoms with Crippen molar-refractivity contribution in [1.29, 1.82) is 0 Å². The number of nitrogens with one attached hydrogen (secondary N) is 7. The van der Waals surface area contributed by atoms with Crippen LogP contribution in [0.15, 0.2) is 146 Å². The minimum absolute atomic E-state index is 0. The largest absolute Gasteiger partial charge is 0.381 e. The van der Waals surface area contributed by atoms with E-state index < -0.39 is 0 Å². The molecule has 4 aliphatic heterocycles. The number of fused-ring (bicyclic) bond motifs is 2. The van der Waals surface area contributed by atoms with E-state index in [4.69, 9.17) is 42.6 Å². The summed E-state index contributed by atoms with van der Waals surface area (Å²) in [7, 11) is 4.32. The van der Waals surface area contributed by atoms with Crippen LogP contribution in [-0.4, -0.2) is 179 Å². The normalized spacial score (nSPS) is 15.1. The van der Waals surface area contributed by atoms with Crippen molar-refractivity contribution in [2.24, 2.45) is 0 Å². The van der Waals surface area contributed by atoms with Crippen LogP contribution < -0.4 is 37.2 Å². The first-order valence-electron chi connectivity index (χ1n) is 38.8. The smallest absolute Gasteiger partial charge is 0.251 e. The molecule has 4 fully saturated rings. The summed E-state index contributed by atoms with van der Waals surface area (Å²) in [4.78, 5) is 82.1. The fraction of sp³-hybridized carbons (Fsp3) is 0.391. The molecule has 0 bridgehead atoms. The lowest BCUT2D eigenvalue weighted by Gasteiger charge is -2.32. The van der Waals surface area contributed by atoms with Gasteiger partial charge in [-0.3, -0.25) is 28.9 Å². The quantitative estimate of drug-likeness (QED) is 0.0262. The minimum atomic E-state index is -0.321. The number of piperazine rings is 2. The molecule has 14 rings (SSSR count). The van der Waals surface area contributed by atoms with Crippen molar-refractivity contribution in [1.82, 2.24) is 70.8 Å². The Labute approximate surface area is 667 Å². The predicted molar refractivity (Wildman–Crippen MR) is 447 cm³/mol. The third kappa shape index (κ3) is 21.8. The highest BCUT2D eigenvalue weighted by Crippen LogP contribution is 2.35. The number of hydrogen-bond acceptors (Lipinski definition) is 17. The second-order valence-corrected chi connectivity index (χ2v) is 29.5. The summed E-state index contributed by atoms with van der Waals surface area (Å²) < 4.78 is 15.0. The highest BCUT2D eigenvalue weighted by molar-refractivity contribution is 6.31. The van der Waals surface area contributed by atoms with Crippen molar-refractivity contribution in [3.8, 4) is 22.3 Å². The van der Waals surface area contributed by atoms with E-state index in [1.54, 1.807) is 66.7 Å². The molecule has 0 aliphatic carbocycles. The molecule has 4 aromatic heterocycles. The van der Waals surface area contributed by atoms with E-state index >= 15 is 0 Å². The lowest BCUT2D eigenvalue weighted by molar-refractivity contribution is 0.0903. The van der Waals surface area contributed by atoms with Crippen LogP contribution in [0.25, 0.3) is 44.3 Å². The monoisotopic (exact) mass is 1560 g/mol. The van der Waals surface area contributed by atoms with Crippen LogP contribution in [0.3, 0.4) is 0 Å². The molecule has 112 heavy (non-hydrogen) atoms. The summed E-state index contributed by atoms with van der Waals surface area (Å²) in [6, 6.07) is 41.2. The highest BCUT2D eigenvalue weighted by Gasteiger charge is 2.26. The van der Waals surface area contributed by atoms with Crippen molar-refractivity contribution >= 4 is 86.6 Å². The molecule has 0 spiro atoms. The van der Waals surface area contributed by atoms with Gasteiger partial charge in [-0.2, -0.15) is 10.2 Å². The molecule has 4 saturated heterocycles. The van der Waals surface area contributed by atoms with E-state index in [1.807, 2.05) is 65.1 Å². The van der Waals surface area contributed by atoms with Gasteiger partial charge in [-0.05, 0) is 190 Å². The van der Waals surface area contributed by atoms with Gasteiger partial charge in [0, 0.05) is 197 Å². The van der Waals surface area contributed by atoms with Gasteiger partial charge < -0.3 is 56.5 Å². The topological polar surface area (TPSA) is 259 Å². The summed E-state index contributed by atoms with van der Waals surface area (Å²) >= 11 is 13.0. The molecule has 23 nitrogen and oxygen atoms in total. The van der Waals surface area contributed by atoms with Crippen molar-refractivity contribution in [2.75, 3.05) is 104 Å². The Morgan fingerprint density at radius 2 is 0.902 bits per heavy atom. The number of aromatic nitrogens is 6. The fourth-order valence-electron chi connectivity index (χ4n) is 14.4. The summed E-state index contributed by atoms with van der Waals surface area (Å²) in [6.07, 6.45) is 9.47. The summed E-state index contributed by atoms with van der Waals surface area (Å²) in [6.45, 7) is 23.5. The van der Waals surface area contributed by atoms with E-state index in [1.165, 1.54) is 18.7 Å². The molecule has 25 heteroatoms. The number of rotatable bonds is 25. The number of nitrogens with zero attached hydrogens (tertiary/aromatic N) is 9. The number of aryl methyl sites for hydroxylation is 4. The van der Waals surface area contributed by atoms with Gasteiger partial charge in [-0.25, -0.2) is 19.3 Å². The number of pyridine rings is 2. The maximum atomic E-state index is 13.6. The van der Waals surface area contributed by atoms with Gasteiger partial charge in [-0.1, -0.05) is 93.0 Å². The molecule has 0 atom stereocenters. The third-order valence-corrected chi connectivity index (χ3v) is 21.2. The van der Waals surface area contributed by atoms with Crippen molar-refractivity contribution in [3.05, 3.63) is 223 Å². The van der Waals surface area contributed by atoms with Gasteiger partial charge in [-0.15, -0.1) is 0 Å². The van der Waals surface area contributed by atoms with Crippen molar-refractivity contribution in [3.63, 3.8) is 0 Å². The predicted octanol–water partition coefficient (Wildman–Crippen LogP) is 13.3. The molecule has 0 saturated carbocycles. The molecule has 8 heterocycles. The number of ether oxygens (including phenoxy) is 2. The van der Waals surface area contributed by atoms with Crippen LogP contribution in [0.4, 0.5) is 11.4 Å². The lowest BCUT2D eigenvalue weighted by Crippen LogP contribution is -2.43. The number of benzene rings is 6. The van der Waals surface area contributed by atoms with Gasteiger partial charge in [0.1, 0.15) is 6.29 Å². The SMILES string of the molecule is C.CCc1nc2c(cnn2CC)c(NC2CCOCC2)c1CNC(=O)c1cccc(C(=O)NCc2cc(Cl)cc(-c3cccc(C=O)c3)c2)c1.CCc1nc2c(cnn2CC)c(NC2CCOCC2)c1CNC(=O)c1cccc(C(=O)NCc2cc(Cl)cc(-c3cccc(CN4CCN(C)CC4)c3)c2)c1.CN1CCNCC1. The minimum Gasteiger partial charge on any atom is -0.381 e. The highest BCUT2D eigenvalue weighted by atomic mass is 35.5. The Balaban J connectivity index is 0.000000203. The lowest BCUT2D eigenvalue weighted by atomic mass is 10.0. The first-order valence-corrected chi connectivity index (χ1v) is 39.6. The molecule has 0 radical (unpaired) electrons. The number of carbonyl (C=O) groups excluding carboxylic acids is 5. The second kappa shape index (κ2) is 40.5. The number of amides is 4. The molecular formula is C87H106Cl2N16O7. The van der Waals surface area contributed by atoms with E-state index in [9.17, 15) is 24.0 Å². The van der Waals surface area contributed by atoms with Crippen molar-refractivity contribution in [2.45, 2.75) is 132 Å². The Morgan fingerprint density at radius 3 is 1.32 bits per heavy atom. The van der Waals surface area contributed by atoms with E-state index in [0.717, 1.165) is 167 Å². The Hall–Kier alpha value is -9.95. The van der Waals surface area contributed by atoms with Crippen LogP contribution in [-0.2, 0) is 68.1 Å². The number of halogens is 2. The van der Waals surface area contributed by atoms with E-state index in [0.29, 0.717) is 90.2 Å². The number of likely N-dealkylation sites (N-methyl/N-ethyl adjacent to an activating group) is 2. The van der Waals surface area contributed by atoms with Crippen LogP contribution in [0.1, 0.15) is 152 Å². The van der Waals surface area contributed by atoms with Crippen LogP contribution >= 0.6 is 23.2 Å². The second-order valence-electron chi connectivity index (χ2n) is 28.7. The zero-order valence-corrected chi connectivity index (χ0v) is 65.9. The van der Waals surface area contributed by atoms with Crippen LogP contribution in [0.2, 0.25) is 10.0 Å². The van der Waals surface area contributed by atoms with Crippen molar-refractivity contribution < 1.29 is 33.4 Å². The Bertz CT molecular complexity index is 4890. The number of carbonyl (C=O) groups is 5. The van der Waals surface area contributed by atoms with Gasteiger partial charge >= 0.3 is 0 Å². The van der Waals surface area contributed by atoms with Gasteiger partial charge in [0.05, 0.1) is 34.5 Å². The maximum absolute atomic E-state index is 13.6. The maximum Gasteiger partial charge on any atom is 0.251 e. The number of anilines is 2. The molecule has 6 aromatic carbocycles. The standard InChI is InChI=1S/C43H51ClN8O3.C38H39ClN6O4.C5H12N2.CH4/c1-4-39-37(40(48-36-12-18-55-19-13-36)38-27-47-52(5-2)41(38)49-39)26-46-43(54)33-11-7-10-32(23-33)42(53)45-25-30-21-34(24-35(44)22-30)31-9-6-8-29(20-31)28-51-16-14-50(3)15-17-51;1-3-34-32(35(43-31-11-13-49-14-12-31)33-22-42-45(4-2)36(33)44-34)21-41-38(48)28-10-6-9-27(18-28)37(47)40-20-25-16-29(19-30(39)17-25)26-8-5-7-24(15-26)23-46;1-7-4-2-6-3-5-7;/h6-11,20-24,27,36H,4-5,12-19,25-26,28H2,1-3H3,(H,45,53)(H,46,54)(H,48,49);5-10,15-19,22-23,31H,3-4,11-14,20-21H2,1-2H3,(H,40,47)(H,41,48)(H,43,44);6H,2-5H2,1H3;1H4. The summed E-state index contributed by atoms with van der Waals surface area (Å²) in [5.74, 6) is -1.16. The molecule has 7 N–H and O–H groups in total. The zero-order chi connectivity index (χ0) is 77.8. The molecule has 590 valence electrons. The Morgan fingerprint density at radius 1 is 0.491 bits per heavy atom.